The molecular weight excluding hydrogens is 539 g/mol. The number of aliphatic imine (C=N–C) groups is 1. The number of carbonyl (C=O) groups excluding carboxylic acids is 1. The van der Waals surface area contributed by atoms with Crippen molar-refractivity contribution in [3.63, 3.8) is 0 Å². The van der Waals surface area contributed by atoms with Crippen molar-refractivity contribution in [2.75, 3.05) is 32.4 Å². The van der Waals surface area contributed by atoms with Crippen molar-refractivity contribution in [1.29, 1.82) is 0 Å². The van der Waals surface area contributed by atoms with Crippen LogP contribution >= 0.6 is 51.7 Å². The number of nitrogens with one attached hydrogen (secondary N) is 2. The van der Waals surface area contributed by atoms with Gasteiger partial charge in [-0.2, -0.15) is 0 Å². The molecule has 0 aromatic heterocycles. The topological polar surface area (TPSA) is 56.7 Å². The van der Waals surface area contributed by atoms with E-state index < -0.39 is 0 Å². The molecule has 5 nitrogen and oxygen atoms in total. The molecule has 2 N–H and O–H groups in total. The maximum absolute atomic E-state index is 11.6. The Labute approximate surface area is 192 Å². The molecule has 0 saturated carbocycles. The Morgan fingerprint density at radius 2 is 2.15 bits per heavy atom. The van der Waals surface area contributed by atoms with E-state index in [2.05, 4.69) is 56.7 Å². The predicted octanol–water partition coefficient (Wildman–Crippen LogP) is 4.12. The molecule has 8 heteroatoms. The quantitative estimate of drug-likeness (QED) is 0.163. The van der Waals surface area contributed by atoms with Crippen LogP contribution in [0.25, 0.3) is 0 Å². The van der Waals surface area contributed by atoms with Gasteiger partial charge in [0.2, 0.25) is 5.91 Å². The first-order valence-corrected chi connectivity index (χ1v) is 11.0. The first-order chi connectivity index (χ1) is 12.6. The summed E-state index contributed by atoms with van der Waals surface area (Å²) in [6.07, 6.45) is 3.68. The van der Waals surface area contributed by atoms with Crippen molar-refractivity contribution in [2.24, 2.45) is 4.99 Å². The standard InChI is InChI=1S/C19H29BrN4OS.HI/c1-3-21-19(23-15-10-11-18(25)24(2)14-15)22-12-6-7-13-26-17-9-5-4-8-16(17)20;/h4-5,8-9,15H,3,6-7,10-14H2,1-2H3,(H2,21,22,23);1H. The Hall–Kier alpha value is -0.480. The van der Waals surface area contributed by atoms with E-state index in [1.54, 1.807) is 4.90 Å². The fraction of sp³-hybridized carbons (Fsp3) is 0.579. The Morgan fingerprint density at radius 3 is 2.85 bits per heavy atom. The highest BCUT2D eigenvalue weighted by Crippen LogP contribution is 2.27. The Kier molecular flexibility index (Phi) is 12.4. The van der Waals surface area contributed by atoms with Crippen LogP contribution in [0.3, 0.4) is 0 Å². The van der Waals surface area contributed by atoms with Crippen LogP contribution in [0.5, 0.6) is 0 Å². The summed E-state index contributed by atoms with van der Waals surface area (Å²) in [5.41, 5.74) is 0. The number of thioether (sulfide) groups is 1. The second-order valence-corrected chi connectivity index (χ2v) is 8.39. The van der Waals surface area contributed by atoms with E-state index >= 15 is 0 Å². The lowest BCUT2D eigenvalue weighted by Crippen LogP contribution is -2.51. The third kappa shape index (κ3) is 9.04. The highest BCUT2D eigenvalue weighted by Gasteiger charge is 2.23. The predicted molar refractivity (Wildman–Crippen MR) is 129 cm³/mol. The summed E-state index contributed by atoms with van der Waals surface area (Å²) in [5, 5.41) is 6.77. The highest BCUT2D eigenvalue weighted by atomic mass is 127. The number of nitrogens with zero attached hydrogens (tertiary/aromatic N) is 2. The first kappa shape index (κ1) is 24.6. The zero-order valence-corrected chi connectivity index (χ0v) is 20.8. The lowest BCUT2D eigenvalue weighted by atomic mass is 10.1. The van der Waals surface area contributed by atoms with Crippen molar-refractivity contribution in [3.8, 4) is 0 Å². The monoisotopic (exact) mass is 568 g/mol. The van der Waals surface area contributed by atoms with Crippen molar-refractivity contribution in [1.82, 2.24) is 15.5 Å². The summed E-state index contributed by atoms with van der Waals surface area (Å²) in [6, 6.07) is 8.62. The molecule has 1 unspecified atom stereocenters. The molecule has 1 aliphatic rings. The van der Waals surface area contributed by atoms with E-state index in [1.807, 2.05) is 24.9 Å². The zero-order valence-electron chi connectivity index (χ0n) is 16.0. The minimum Gasteiger partial charge on any atom is -0.357 e. The third-order valence-electron chi connectivity index (χ3n) is 4.23. The Morgan fingerprint density at radius 1 is 1.37 bits per heavy atom. The first-order valence-electron chi connectivity index (χ1n) is 9.26. The van der Waals surface area contributed by atoms with Crippen LogP contribution in [0.15, 0.2) is 38.6 Å². The summed E-state index contributed by atoms with van der Waals surface area (Å²) in [4.78, 5) is 19.4. The van der Waals surface area contributed by atoms with Crippen LogP contribution < -0.4 is 10.6 Å². The van der Waals surface area contributed by atoms with E-state index in [-0.39, 0.29) is 35.9 Å². The fourth-order valence-electron chi connectivity index (χ4n) is 2.79. The molecule has 1 aliphatic heterocycles. The number of carbonyl (C=O) groups is 1. The largest absolute Gasteiger partial charge is 0.357 e. The number of halogens is 2. The van der Waals surface area contributed by atoms with Gasteiger partial charge < -0.3 is 15.5 Å². The third-order valence-corrected chi connectivity index (χ3v) is 6.34. The van der Waals surface area contributed by atoms with Crippen molar-refractivity contribution >= 4 is 63.5 Å². The van der Waals surface area contributed by atoms with E-state index in [9.17, 15) is 4.79 Å². The molecule has 0 spiro atoms. The number of unbranched alkanes of at least 4 members (excludes halogenated alkanes) is 1. The van der Waals surface area contributed by atoms with Gasteiger partial charge in [0.1, 0.15) is 0 Å². The Balaban J connectivity index is 0.00000364. The second-order valence-electron chi connectivity index (χ2n) is 6.40. The number of hydrogen-bond donors (Lipinski definition) is 2. The van der Waals surface area contributed by atoms with Gasteiger partial charge in [0, 0.05) is 48.5 Å². The maximum Gasteiger partial charge on any atom is 0.222 e. The number of likely N-dealkylation sites (tertiary alicyclic amines) is 1. The van der Waals surface area contributed by atoms with Crippen LogP contribution in [0, 0.1) is 0 Å². The number of amides is 1. The second kappa shape index (κ2) is 13.7. The van der Waals surface area contributed by atoms with Crippen LogP contribution in [0.1, 0.15) is 32.6 Å². The van der Waals surface area contributed by atoms with E-state index in [4.69, 9.17) is 0 Å². The smallest absolute Gasteiger partial charge is 0.222 e. The lowest BCUT2D eigenvalue weighted by molar-refractivity contribution is -0.132. The molecule has 0 bridgehead atoms. The molecule has 0 aliphatic carbocycles. The van der Waals surface area contributed by atoms with Gasteiger partial charge in [0.15, 0.2) is 5.96 Å². The van der Waals surface area contributed by atoms with Crippen LogP contribution in [-0.4, -0.2) is 55.2 Å². The number of likely N-dealkylation sites (N-methyl/N-ethyl adjacent to an activating group) is 1. The van der Waals surface area contributed by atoms with E-state index in [0.29, 0.717) is 6.42 Å². The van der Waals surface area contributed by atoms with Gasteiger partial charge >= 0.3 is 0 Å². The van der Waals surface area contributed by atoms with Gasteiger partial charge in [-0.05, 0) is 60.0 Å². The summed E-state index contributed by atoms with van der Waals surface area (Å²) >= 11 is 5.47. The lowest BCUT2D eigenvalue weighted by Gasteiger charge is -2.31. The number of piperidine rings is 1. The van der Waals surface area contributed by atoms with Crippen molar-refractivity contribution in [3.05, 3.63) is 28.7 Å². The number of benzene rings is 1. The van der Waals surface area contributed by atoms with E-state index in [0.717, 1.165) is 55.1 Å². The summed E-state index contributed by atoms with van der Waals surface area (Å²) in [6.45, 7) is 4.46. The highest BCUT2D eigenvalue weighted by molar-refractivity contribution is 14.0. The molecule has 2 rings (SSSR count). The number of guanidine groups is 1. The number of rotatable bonds is 8. The van der Waals surface area contributed by atoms with E-state index in [1.165, 1.54) is 4.90 Å². The molecule has 1 fully saturated rings. The van der Waals surface area contributed by atoms with Crippen LogP contribution in [0.4, 0.5) is 0 Å². The van der Waals surface area contributed by atoms with Crippen molar-refractivity contribution in [2.45, 2.75) is 43.5 Å². The molecule has 1 aromatic carbocycles. The molecule has 1 heterocycles. The SMILES string of the molecule is CCNC(=NCCCCSc1ccccc1Br)NC1CCC(=O)N(C)C1.I. The summed E-state index contributed by atoms with van der Waals surface area (Å²) in [7, 11) is 1.86. The molecular formula is C19H30BrIN4OS. The summed E-state index contributed by atoms with van der Waals surface area (Å²) in [5.74, 6) is 2.18. The molecule has 1 saturated heterocycles. The van der Waals surface area contributed by atoms with Crippen LogP contribution in [0.2, 0.25) is 0 Å². The molecule has 1 amide bonds. The molecule has 152 valence electrons. The van der Waals surface area contributed by atoms with Gasteiger partial charge in [-0.25, -0.2) is 0 Å². The van der Waals surface area contributed by atoms with Gasteiger partial charge in [-0.15, -0.1) is 35.7 Å². The van der Waals surface area contributed by atoms with Gasteiger partial charge in [-0.3, -0.25) is 9.79 Å². The van der Waals surface area contributed by atoms with Crippen LogP contribution in [-0.2, 0) is 4.79 Å². The minimum atomic E-state index is 0. The zero-order chi connectivity index (χ0) is 18.8. The maximum atomic E-state index is 11.6. The average molecular weight is 569 g/mol. The van der Waals surface area contributed by atoms with Gasteiger partial charge in [0.25, 0.3) is 0 Å². The average Bonchev–Trinajstić information content (AvgIpc) is 2.62. The minimum absolute atomic E-state index is 0. The fourth-order valence-corrected chi connectivity index (χ4v) is 4.37. The molecule has 1 aromatic rings. The normalized spacial score (nSPS) is 17.4. The molecule has 27 heavy (non-hydrogen) atoms. The Bertz CT molecular complexity index is 617. The number of hydrogen-bond acceptors (Lipinski definition) is 3. The molecule has 1 atom stereocenters. The van der Waals surface area contributed by atoms with Gasteiger partial charge in [0.05, 0.1) is 0 Å². The van der Waals surface area contributed by atoms with Gasteiger partial charge in [-0.1, -0.05) is 12.1 Å². The summed E-state index contributed by atoms with van der Waals surface area (Å²) < 4.78 is 1.16. The molecule has 0 radical (unpaired) electrons. The van der Waals surface area contributed by atoms with Crippen molar-refractivity contribution < 1.29 is 4.79 Å².